The molecule has 0 atom stereocenters. The summed E-state index contributed by atoms with van der Waals surface area (Å²) in [6.45, 7) is 5.25. The minimum atomic E-state index is -0.519. The minimum Gasteiger partial charge on any atom is -0.494 e. The molecule has 0 spiro atoms. The van der Waals surface area contributed by atoms with Gasteiger partial charge < -0.3 is 20.7 Å². The van der Waals surface area contributed by atoms with Crippen LogP contribution in [0, 0.1) is 6.92 Å². The molecule has 0 aliphatic rings. The van der Waals surface area contributed by atoms with Crippen molar-refractivity contribution in [2.24, 2.45) is 5.73 Å². The third-order valence-electron chi connectivity index (χ3n) is 4.59. The number of primary amides is 1. The third-order valence-corrected chi connectivity index (χ3v) is 4.59. The summed E-state index contributed by atoms with van der Waals surface area (Å²) in [5, 5.41) is 2.75. The van der Waals surface area contributed by atoms with E-state index in [2.05, 4.69) is 5.32 Å². The molecule has 2 rings (SSSR count). The number of carbonyl (C=O) groups is 3. The zero-order valence-electron chi connectivity index (χ0n) is 17.5. The van der Waals surface area contributed by atoms with Gasteiger partial charge in [-0.15, -0.1) is 0 Å². The molecule has 0 unspecified atom stereocenters. The van der Waals surface area contributed by atoms with E-state index in [1.807, 2.05) is 38.1 Å². The average Bonchev–Trinajstić information content (AvgIpc) is 2.72. The highest BCUT2D eigenvalue weighted by atomic mass is 16.5. The molecule has 7 heteroatoms. The summed E-state index contributed by atoms with van der Waals surface area (Å²) in [6.07, 6.45) is 1.18. The van der Waals surface area contributed by atoms with Crippen molar-refractivity contribution in [3.63, 3.8) is 0 Å². The quantitative estimate of drug-likeness (QED) is 0.555. The van der Waals surface area contributed by atoms with Crippen LogP contribution in [-0.2, 0) is 9.59 Å². The lowest BCUT2D eigenvalue weighted by atomic mass is 10.2. The number of benzene rings is 2. The number of nitrogens with zero attached hydrogens (tertiary/aromatic N) is 1. The Morgan fingerprint density at radius 1 is 1.07 bits per heavy atom. The Labute approximate surface area is 177 Å². The molecule has 0 bridgehead atoms. The van der Waals surface area contributed by atoms with E-state index >= 15 is 0 Å². The number of anilines is 1. The number of hydrogen-bond acceptors (Lipinski definition) is 4. The lowest BCUT2D eigenvalue weighted by Gasteiger charge is -2.20. The maximum Gasteiger partial charge on any atom is 0.248 e. The second kappa shape index (κ2) is 11.6. The monoisotopic (exact) mass is 411 g/mol. The van der Waals surface area contributed by atoms with E-state index in [4.69, 9.17) is 10.5 Å². The maximum absolute atomic E-state index is 12.4. The van der Waals surface area contributed by atoms with Gasteiger partial charge in [0.2, 0.25) is 17.7 Å². The van der Waals surface area contributed by atoms with Crippen LogP contribution in [0.15, 0.2) is 48.5 Å². The van der Waals surface area contributed by atoms with Crippen LogP contribution in [0.4, 0.5) is 5.69 Å². The van der Waals surface area contributed by atoms with E-state index in [1.54, 1.807) is 29.2 Å². The predicted molar refractivity (Wildman–Crippen MR) is 116 cm³/mol. The van der Waals surface area contributed by atoms with Crippen molar-refractivity contribution in [3.05, 3.63) is 59.7 Å². The Kier molecular flexibility index (Phi) is 8.87. The van der Waals surface area contributed by atoms with Gasteiger partial charge in [-0.1, -0.05) is 12.1 Å². The standard InChI is InChI=1S/C23H29N3O4/c1-3-26(22(28)8-5-15-30-20-7-4-6-17(2)16-20)14-13-21(27)25-19-11-9-18(10-12-19)23(24)29/h4,6-7,9-12,16H,3,5,8,13-15H2,1-2H3,(H2,24,29)(H,25,27). The molecule has 160 valence electrons. The van der Waals surface area contributed by atoms with E-state index < -0.39 is 5.91 Å². The summed E-state index contributed by atoms with van der Waals surface area (Å²) in [5.41, 5.74) is 7.28. The molecule has 0 aromatic heterocycles. The van der Waals surface area contributed by atoms with Crippen LogP contribution in [-0.4, -0.2) is 42.3 Å². The van der Waals surface area contributed by atoms with Gasteiger partial charge in [-0.05, 0) is 62.2 Å². The molecule has 30 heavy (non-hydrogen) atoms. The fourth-order valence-electron chi connectivity index (χ4n) is 2.91. The zero-order valence-corrected chi connectivity index (χ0v) is 17.5. The van der Waals surface area contributed by atoms with Gasteiger partial charge in [-0.2, -0.15) is 0 Å². The molecular weight excluding hydrogens is 382 g/mol. The van der Waals surface area contributed by atoms with Crippen molar-refractivity contribution in [2.45, 2.75) is 33.1 Å². The Morgan fingerprint density at radius 2 is 1.80 bits per heavy atom. The summed E-state index contributed by atoms with van der Waals surface area (Å²) in [6, 6.07) is 14.1. The summed E-state index contributed by atoms with van der Waals surface area (Å²) in [7, 11) is 0. The van der Waals surface area contributed by atoms with Crippen molar-refractivity contribution in [1.29, 1.82) is 0 Å². The zero-order chi connectivity index (χ0) is 21.9. The lowest BCUT2D eigenvalue weighted by Crippen LogP contribution is -2.33. The van der Waals surface area contributed by atoms with E-state index in [9.17, 15) is 14.4 Å². The molecule has 0 radical (unpaired) electrons. The Balaban J connectivity index is 1.71. The van der Waals surface area contributed by atoms with Crippen LogP contribution in [0.3, 0.4) is 0 Å². The van der Waals surface area contributed by atoms with Gasteiger partial charge in [0.05, 0.1) is 6.61 Å². The van der Waals surface area contributed by atoms with Crippen molar-refractivity contribution in [1.82, 2.24) is 4.90 Å². The van der Waals surface area contributed by atoms with Gasteiger partial charge in [0, 0.05) is 37.2 Å². The summed E-state index contributed by atoms with van der Waals surface area (Å²) in [4.78, 5) is 37.3. The molecule has 0 saturated carbocycles. The molecule has 0 heterocycles. The summed E-state index contributed by atoms with van der Waals surface area (Å²) in [5.74, 6) is 0.0874. The van der Waals surface area contributed by atoms with Gasteiger partial charge in [0.15, 0.2) is 0 Å². The second-order valence-corrected chi connectivity index (χ2v) is 6.98. The molecular formula is C23H29N3O4. The molecule has 0 aliphatic heterocycles. The number of nitrogens with one attached hydrogen (secondary N) is 1. The number of nitrogens with two attached hydrogens (primary N) is 1. The van der Waals surface area contributed by atoms with Crippen LogP contribution >= 0.6 is 0 Å². The lowest BCUT2D eigenvalue weighted by molar-refractivity contribution is -0.131. The van der Waals surface area contributed by atoms with E-state index in [1.165, 1.54) is 0 Å². The Morgan fingerprint density at radius 3 is 2.43 bits per heavy atom. The van der Waals surface area contributed by atoms with Crippen molar-refractivity contribution >= 4 is 23.4 Å². The first-order chi connectivity index (χ1) is 14.4. The molecule has 0 saturated heterocycles. The number of amides is 3. The molecule has 2 aromatic rings. The average molecular weight is 412 g/mol. The first kappa shape index (κ1) is 22.9. The Hall–Kier alpha value is -3.35. The topological polar surface area (TPSA) is 102 Å². The molecule has 0 aliphatic carbocycles. The van der Waals surface area contributed by atoms with Crippen molar-refractivity contribution < 1.29 is 19.1 Å². The van der Waals surface area contributed by atoms with Gasteiger partial charge in [-0.25, -0.2) is 0 Å². The fraction of sp³-hybridized carbons (Fsp3) is 0.348. The van der Waals surface area contributed by atoms with E-state index in [0.29, 0.717) is 43.8 Å². The third kappa shape index (κ3) is 7.58. The Bertz CT molecular complexity index is 865. The van der Waals surface area contributed by atoms with Gasteiger partial charge >= 0.3 is 0 Å². The first-order valence-electron chi connectivity index (χ1n) is 10.1. The number of ether oxygens (including phenoxy) is 1. The normalized spacial score (nSPS) is 10.3. The van der Waals surface area contributed by atoms with E-state index in [-0.39, 0.29) is 18.2 Å². The predicted octanol–water partition coefficient (Wildman–Crippen LogP) is 3.13. The van der Waals surface area contributed by atoms with Crippen LogP contribution < -0.4 is 15.8 Å². The largest absolute Gasteiger partial charge is 0.494 e. The fourth-order valence-corrected chi connectivity index (χ4v) is 2.91. The number of hydrogen-bond donors (Lipinski definition) is 2. The first-order valence-corrected chi connectivity index (χ1v) is 10.1. The minimum absolute atomic E-state index is 0.00366. The summed E-state index contributed by atoms with van der Waals surface area (Å²) < 4.78 is 5.67. The smallest absolute Gasteiger partial charge is 0.248 e. The molecule has 3 N–H and O–H groups in total. The van der Waals surface area contributed by atoms with Gasteiger partial charge in [-0.3, -0.25) is 14.4 Å². The van der Waals surface area contributed by atoms with Crippen LogP contribution in [0.5, 0.6) is 5.75 Å². The van der Waals surface area contributed by atoms with Gasteiger partial charge in [0.25, 0.3) is 0 Å². The van der Waals surface area contributed by atoms with E-state index in [0.717, 1.165) is 11.3 Å². The summed E-state index contributed by atoms with van der Waals surface area (Å²) >= 11 is 0. The number of carbonyl (C=O) groups excluding carboxylic acids is 3. The highest BCUT2D eigenvalue weighted by Gasteiger charge is 2.13. The molecule has 2 aromatic carbocycles. The van der Waals surface area contributed by atoms with Crippen LogP contribution in [0.25, 0.3) is 0 Å². The van der Waals surface area contributed by atoms with Crippen LogP contribution in [0.2, 0.25) is 0 Å². The molecule has 3 amide bonds. The SMILES string of the molecule is CCN(CCC(=O)Nc1ccc(C(N)=O)cc1)C(=O)CCCOc1cccc(C)c1. The van der Waals surface area contributed by atoms with Crippen molar-refractivity contribution in [2.75, 3.05) is 25.0 Å². The number of rotatable bonds is 11. The highest BCUT2D eigenvalue weighted by molar-refractivity contribution is 5.94. The molecule has 7 nitrogen and oxygen atoms in total. The van der Waals surface area contributed by atoms with Crippen LogP contribution in [0.1, 0.15) is 42.1 Å². The maximum atomic E-state index is 12.4. The van der Waals surface area contributed by atoms with Crippen molar-refractivity contribution in [3.8, 4) is 5.75 Å². The highest BCUT2D eigenvalue weighted by Crippen LogP contribution is 2.13. The second-order valence-electron chi connectivity index (χ2n) is 6.98. The molecule has 0 fully saturated rings. The number of aryl methyl sites for hydroxylation is 1. The van der Waals surface area contributed by atoms with Gasteiger partial charge in [0.1, 0.15) is 5.75 Å².